The van der Waals surface area contributed by atoms with E-state index in [9.17, 15) is 19.2 Å². The predicted octanol–water partition coefficient (Wildman–Crippen LogP) is -0.256. The first-order chi connectivity index (χ1) is 11.7. The highest BCUT2D eigenvalue weighted by atomic mass is 16.2. The zero-order valence-electron chi connectivity index (χ0n) is 14.9. The van der Waals surface area contributed by atoms with E-state index >= 15 is 0 Å². The van der Waals surface area contributed by atoms with Gasteiger partial charge in [0.15, 0.2) is 0 Å². The highest BCUT2D eigenvalue weighted by Gasteiger charge is 2.44. The molecule has 3 atom stereocenters. The largest absolute Gasteiger partial charge is 0.368 e. The number of carbonyl (C=O) groups is 4. The van der Waals surface area contributed by atoms with Crippen LogP contribution in [-0.4, -0.2) is 58.1 Å². The van der Waals surface area contributed by atoms with Crippen molar-refractivity contribution in [2.45, 2.75) is 70.5 Å². The highest BCUT2D eigenvalue weighted by Crippen LogP contribution is 2.28. The first-order valence-electron chi connectivity index (χ1n) is 8.94. The molecule has 2 fully saturated rings. The fraction of sp³-hybridized carbons (Fsp3) is 0.765. The van der Waals surface area contributed by atoms with Crippen molar-refractivity contribution in [3.63, 3.8) is 0 Å². The molecule has 25 heavy (non-hydrogen) atoms. The van der Waals surface area contributed by atoms with Crippen LogP contribution in [0.3, 0.4) is 0 Å². The number of carbonyl (C=O) groups excluding carboxylic acids is 4. The summed E-state index contributed by atoms with van der Waals surface area (Å²) in [5.41, 5.74) is 10.9. The fourth-order valence-electron chi connectivity index (χ4n) is 3.86. The van der Waals surface area contributed by atoms with E-state index in [0.29, 0.717) is 45.1 Å². The second kappa shape index (κ2) is 7.84. The monoisotopic (exact) mass is 352 g/mol. The second-order valence-corrected chi connectivity index (χ2v) is 7.35. The summed E-state index contributed by atoms with van der Waals surface area (Å²) >= 11 is 0. The van der Waals surface area contributed by atoms with E-state index in [1.807, 2.05) is 13.8 Å². The number of rotatable bonds is 6. The highest BCUT2D eigenvalue weighted by molar-refractivity contribution is 5.95. The van der Waals surface area contributed by atoms with Gasteiger partial charge in [0.25, 0.3) is 0 Å². The first kappa shape index (κ1) is 19.2. The third-order valence-electron chi connectivity index (χ3n) is 5.00. The van der Waals surface area contributed by atoms with Gasteiger partial charge in [0.2, 0.25) is 23.6 Å². The maximum Gasteiger partial charge on any atom is 0.246 e. The Balaban J connectivity index is 2.33. The van der Waals surface area contributed by atoms with Gasteiger partial charge < -0.3 is 21.3 Å². The van der Waals surface area contributed by atoms with Crippen molar-refractivity contribution in [1.29, 1.82) is 0 Å². The van der Waals surface area contributed by atoms with E-state index in [2.05, 4.69) is 0 Å². The molecule has 0 bridgehead atoms. The van der Waals surface area contributed by atoms with Crippen LogP contribution in [0.25, 0.3) is 0 Å². The number of likely N-dealkylation sites (tertiary alicyclic amines) is 2. The van der Waals surface area contributed by atoms with Crippen LogP contribution in [0.2, 0.25) is 0 Å². The quantitative estimate of drug-likeness (QED) is 0.683. The van der Waals surface area contributed by atoms with Crippen molar-refractivity contribution in [3.05, 3.63) is 0 Å². The molecule has 0 aromatic heterocycles. The Morgan fingerprint density at radius 1 is 1.08 bits per heavy atom. The molecule has 140 valence electrons. The molecule has 2 aliphatic rings. The molecule has 0 saturated carbocycles. The van der Waals surface area contributed by atoms with Gasteiger partial charge in [-0.1, -0.05) is 13.8 Å². The molecule has 2 heterocycles. The number of nitrogens with zero attached hydrogens (tertiary/aromatic N) is 2. The standard InChI is InChI=1S/C17H28N4O4/c1-10(2)9-13(17(25)20-8-4-6-11(20)15(18)23)21-12(16(19)24)5-3-7-14(21)22/h10-13H,3-9H2,1-2H3,(H2,18,23)(H2,19,24)/t11-,12-,13-/m0/s1. The van der Waals surface area contributed by atoms with Crippen molar-refractivity contribution in [2.75, 3.05) is 6.54 Å². The van der Waals surface area contributed by atoms with E-state index in [1.165, 1.54) is 9.80 Å². The molecule has 4 amide bonds. The zero-order chi connectivity index (χ0) is 18.7. The van der Waals surface area contributed by atoms with E-state index in [4.69, 9.17) is 11.5 Å². The summed E-state index contributed by atoms with van der Waals surface area (Å²) in [5, 5.41) is 0. The number of hydrogen-bond donors (Lipinski definition) is 2. The van der Waals surface area contributed by atoms with Crippen LogP contribution in [0.5, 0.6) is 0 Å². The molecule has 8 nitrogen and oxygen atoms in total. The Bertz CT molecular complexity index is 563. The molecule has 0 spiro atoms. The summed E-state index contributed by atoms with van der Waals surface area (Å²) in [5.74, 6) is -1.54. The van der Waals surface area contributed by atoms with Gasteiger partial charge in [-0.2, -0.15) is 0 Å². The van der Waals surface area contributed by atoms with Gasteiger partial charge in [0, 0.05) is 13.0 Å². The lowest BCUT2D eigenvalue weighted by Gasteiger charge is -2.41. The molecule has 0 aromatic rings. The van der Waals surface area contributed by atoms with Crippen LogP contribution < -0.4 is 11.5 Å². The van der Waals surface area contributed by atoms with Crippen LogP contribution in [-0.2, 0) is 19.2 Å². The molecular formula is C17H28N4O4. The molecule has 8 heteroatoms. The lowest BCUT2D eigenvalue weighted by molar-refractivity contribution is -0.155. The number of nitrogens with two attached hydrogens (primary N) is 2. The number of amides is 4. The third kappa shape index (κ3) is 4.11. The Morgan fingerprint density at radius 3 is 2.24 bits per heavy atom. The third-order valence-corrected chi connectivity index (χ3v) is 5.00. The van der Waals surface area contributed by atoms with Gasteiger partial charge in [-0.05, 0) is 38.0 Å². The maximum atomic E-state index is 13.2. The van der Waals surface area contributed by atoms with Gasteiger partial charge in [0.1, 0.15) is 18.1 Å². The molecular weight excluding hydrogens is 324 g/mol. The summed E-state index contributed by atoms with van der Waals surface area (Å²) in [4.78, 5) is 52.0. The lowest BCUT2D eigenvalue weighted by Crippen LogP contribution is -2.61. The van der Waals surface area contributed by atoms with Crippen molar-refractivity contribution in [3.8, 4) is 0 Å². The number of primary amides is 2. The first-order valence-corrected chi connectivity index (χ1v) is 8.94. The minimum absolute atomic E-state index is 0.131. The zero-order valence-corrected chi connectivity index (χ0v) is 14.9. The molecule has 4 N–H and O–H groups in total. The van der Waals surface area contributed by atoms with E-state index in [1.54, 1.807) is 0 Å². The minimum atomic E-state index is -0.787. The Morgan fingerprint density at radius 2 is 1.68 bits per heavy atom. The van der Waals surface area contributed by atoms with Crippen LogP contribution in [0.4, 0.5) is 0 Å². The predicted molar refractivity (Wildman–Crippen MR) is 90.9 cm³/mol. The summed E-state index contributed by atoms with van der Waals surface area (Å²) in [6.07, 6.45) is 2.98. The molecule has 0 radical (unpaired) electrons. The lowest BCUT2D eigenvalue weighted by atomic mass is 9.93. The average Bonchev–Trinajstić information content (AvgIpc) is 3.01. The van der Waals surface area contributed by atoms with Crippen molar-refractivity contribution < 1.29 is 19.2 Å². The normalized spacial score (nSPS) is 25.3. The van der Waals surface area contributed by atoms with E-state index < -0.39 is 29.9 Å². The topological polar surface area (TPSA) is 127 Å². The minimum Gasteiger partial charge on any atom is -0.368 e. The van der Waals surface area contributed by atoms with Gasteiger partial charge in [-0.25, -0.2) is 0 Å². The van der Waals surface area contributed by atoms with E-state index in [0.717, 1.165) is 0 Å². The molecule has 0 aliphatic carbocycles. The summed E-state index contributed by atoms with van der Waals surface area (Å²) in [6.45, 7) is 4.33. The Labute approximate surface area is 147 Å². The molecule has 0 aromatic carbocycles. The SMILES string of the molecule is CC(C)C[C@@H](C(=O)N1CCC[C@H]1C(N)=O)N1C(=O)CCC[C@H]1C(N)=O. The van der Waals surface area contributed by atoms with Gasteiger partial charge in [0.05, 0.1) is 0 Å². The van der Waals surface area contributed by atoms with Gasteiger partial charge >= 0.3 is 0 Å². The van der Waals surface area contributed by atoms with Crippen LogP contribution in [0.15, 0.2) is 0 Å². The molecule has 2 saturated heterocycles. The average molecular weight is 352 g/mol. The second-order valence-electron chi connectivity index (χ2n) is 7.35. The fourth-order valence-corrected chi connectivity index (χ4v) is 3.86. The van der Waals surface area contributed by atoms with Crippen LogP contribution in [0, 0.1) is 5.92 Å². The van der Waals surface area contributed by atoms with Crippen molar-refractivity contribution in [1.82, 2.24) is 9.80 Å². The van der Waals surface area contributed by atoms with Crippen LogP contribution in [0.1, 0.15) is 52.4 Å². The number of hydrogen-bond acceptors (Lipinski definition) is 4. The van der Waals surface area contributed by atoms with Crippen molar-refractivity contribution in [2.24, 2.45) is 17.4 Å². The summed E-state index contributed by atoms with van der Waals surface area (Å²) in [7, 11) is 0. The number of piperidine rings is 1. The Kier molecular flexibility index (Phi) is 6.02. The Hall–Kier alpha value is -2.12. The van der Waals surface area contributed by atoms with E-state index in [-0.39, 0.29) is 17.7 Å². The molecule has 0 unspecified atom stereocenters. The maximum absolute atomic E-state index is 13.2. The van der Waals surface area contributed by atoms with Gasteiger partial charge in [-0.15, -0.1) is 0 Å². The molecule has 2 rings (SSSR count). The smallest absolute Gasteiger partial charge is 0.246 e. The summed E-state index contributed by atoms with van der Waals surface area (Å²) in [6, 6.07) is -2.21. The van der Waals surface area contributed by atoms with Crippen LogP contribution >= 0.6 is 0 Å². The van der Waals surface area contributed by atoms with Gasteiger partial charge in [-0.3, -0.25) is 19.2 Å². The summed E-state index contributed by atoms with van der Waals surface area (Å²) < 4.78 is 0. The van der Waals surface area contributed by atoms with Crippen molar-refractivity contribution >= 4 is 23.6 Å². The molecule has 2 aliphatic heterocycles.